The van der Waals surface area contributed by atoms with E-state index in [9.17, 15) is 13.2 Å². The van der Waals surface area contributed by atoms with Crippen molar-refractivity contribution in [2.45, 2.75) is 37.8 Å². The minimum absolute atomic E-state index is 0.0574. The summed E-state index contributed by atoms with van der Waals surface area (Å²) >= 11 is 0. The molecule has 5 nitrogen and oxygen atoms in total. The van der Waals surface area contributed by atoms with E-state index in [1.54, 1.807) is 0 Å². The molecule has 3 atom stereocenters. The second-order valence-electron chi connectivity index (χ2n) is 4.81. The SMILES string of the molecule is NC1CCCC1C(=O)NC1CCS(=O)(=O)C1. The largest absolute Gasteiger partial charge is 0.352 e. The summed E-state index contributed by atoms with van der Waals surface area (Å²) in [4.78, 5) is 11.8. The highest BCUT2D eigenvalue weighted by molar-refractivity contribution is 7.91. The number of sulfone groups is 1. The van der Waals surface area contributed by atoms with E-state index in [2.05, 4.69) is 5.32 Å². The van der Waals surface area contributed by atoms with E-state index in [1.807, 2.05) is 0 Å². The Morgan fingerprint density at radius 3 is 2.50 bits per heavy atom. The summed E-state index contributed by atoms with van der Waals surface area (Å²) in [5, 5.41) is 2.81. The Bertz CT molecular complexity index is 380. The van der Waals surface area contributed by atoms with E-state index < -0.39 is 9.84 Å². The quantitative estimate of drug-likeness (QED) is 0.682. The number of carbonyl (C=O) groups is 1. The Kier molecular flexibility index (Phi) is 3.21. The molecule has 16 heavy (non-hydrogen) atoms. The molecule has 0 radical (unpaired) electrons. The van der Waals surface area contributed by atoms with Gasteiger partial charge in [-0.05, 0) is 19.3 Å². The molecular weight excluding hydrogens is 228 g/mol. The normalized spacial score (nSPS) is 37.4. The van der Waals surface area contributed by atoms with Crippen LogP contribution in [0.3, 0.4) is 0 Å². The molecule has 92 valence electrons. The van der Waals surface area contributed by atoms with Gasteiger partial charge in [-0.1, -0.05) is 6.42 Å². The monoisotopic (exact) mass is 246 g/mol. The lowest BCUT2D eigenvalue weighted by molar-refractivity contribution is -0.125. The van der Waals surface area contributed by atoms with E-state index >= 15 is 0 Å². The van der Waals surface area contributed by atoms with Gasteiger partial charge in [0.1, 0.15) is 0 Å². The summed E-state index contributed by atoms with van der Waals surface area (Å²) < 4.78 is 22.5. The molecule has 0 aromatic carbocycles. The first-order chi connectivity index (χ1) is 7.48. The maximum atomic E-state index is 11.8. The van der Waals surface area contributed by atoms with Gasteiger partial charge in [-0.15, -0.1) is 0 Å². The van der Waals surface area contributed by atoms with Crippen LogP contribution in [-0.2, 0) is 14.6 Å². The lowest BCUT2D eigenvalue weighted by Crippen LogP contribution is -2.43. The average molecular weight is 246 g/mol. The van der Waals surface area contributed by atoms with Crippen molar-refractivity contribution >= 4 is 15.7 Å². The second kappa shape index (κ2) is 4.33. The van der Waals surface area contributed by atoms with Crippen LogP contribution in [0.5, 0.6) is 0 Å². The first kappa shape index (κ1) is 11.9. The van der Waals surface area contributed by atoms with Crippen molar-refractivity contribution in [1.82, 2.24) is 5.32 Å². The molecule has 1 heterocycles. The molecule has 3 N–H and O–H groups in total. The number of rotatable bonds is 2. The van der Waals surface area contributed by atoms with Crippen LogP contribution in [0.25, 0.3) is 0 Å². The zero-order chi connectivity index (χ0) is 11.8. The zero-order valence-electron chi connectivity index (χ0n) is 9.19. The molecule has 1 amide bonds. The lowest BCUT2D eigenvalue weighted by Gasteiger charge is -2.18. The zero-order valence-corrected chi connectivity index (χ0v) is 10.0. The predicted molar refractivity (Wildman–Crippen MR) is 60.5 cm³/mol. The van der Waals surface area contributed by atoms with Crippen LogP contribution in [0.2, 0.25) is 0 Å². The average Bonchev–Trinajstić information content (AvgIpc) is 2.72. The van der Waals surface area contributed by atoms with Crippen LogP contribution in [0, 0.1) is 5.92 Å². The maximum Gasteiger partial charge on any atom is 0.224 e. The Morgan fingerprint density at radius 1 is 1.25 bits per heavy atom. The summed E-state index contributed by atoms with van der Waals surface area (Å²) in [6.45, 7) is 0. The summed E-state index contributed by atoms with van der Waals surface area (Å²) in [6, 6.07) is -0.261. The van der Waals surface area contributed by atoms with Crippen LogP contribution in [-0.4, -0.2) is 37.9 Å². The van der Waals surface area contributed by atoms with Crippen molar-refractivity contribution in [2.24, 2.45) is 11.7 Å². The second-order valence-corrected chi connectivity index (χ2v) is 7.04. The van der Waals surface area contributed by atoms with Gasteiger partial charge < -0.3 is 11.1 Å². The molecular formula is C10H18N2O3S. The highest BCUT2D eigenvalue weighted by atomic mass is 32.2. The van der Waals surface area contributed by atoms with E-state index in [1.165, 1.54) is 0 Å². The third kappa shape index (κ3) is 2.55. The maximum absolute atomic E-state index is 11.8. The number of amides is 1. The van der Waals surface area contributed by atoms with Gasteiger partial charge in [0.2, 0.25) is 5.91 Å². The number of hydrogen-bond acceptors (Lipinski definition) is 4. The molecule has 3 unspecified atom stereocenters. The van der Waals surface area contributed by atoms with Gasteiger partial charge in [0.05, 0.1) is 17.4 Å². The summed E-state index contributed by atoms with van der Waals surface area (Å²) in [6.07, 6.45) is 3.24. The Balaban J connectivity index is 1.88. The van der Waals surface area contributed by atoms with Crippen LogP contribution < -0.4 is 11.1 Å². The van der Waals surface area contributed by atoms with Crippen LogP contribution in [0.4, 0.5) is 0 Å². The molecule has 1 aliphatic heterocycles. The fraction of sp³-hybridized carbons (Fsp3) is 0.900. The van der Waals surface area contributed by atoms with Gasteiger partial charge in [-0.25, -0.2) is 8.42 Å². The van der Waals surface area contributed by atoms with Gasteiger partial charge in [-0.2, -0.15) is 0 Å². The molecule has 0 aromatic heterocycles. The van der Waals surface area contributed by atoms with Crippen molar-refractivity contribution in [1.29, 1.82) is 0 Å². The molecule has 0 bridgehead atoms. The number of hydrogen-bond donors (Lipinski definition) is 2. The predicted octanol–water partition coefficient (Wildman–Crippen LogP) is -0.583. The van der Waals surface area contributed by atoms with Gasteiger partial charge in [0.25, 0.3) is 0 Å². The molecule has 1 aliphatic carbocycles. The number of carbonyl (C=O) groups excluding carboxylic acids is 1. The summed E-state index contributed by atoms with van der Waals surface area (Å²) in [5.41, 5.74) is 5.83. The highest BCUT2D eigenvalue weighted by Crippen LogP contribution is 2.24. The molecule has 1 saturated carbocycles. The molecule has 2 fully saturated rings. The first-order valence-electron chi connectivity index (χ1n) is 5.74. The number of nitrogens with one attached hydrogen (secondary N) is 1. The molecule has 0 aromatic rings. The van der Waals surface area contributed by atoms with Crippen molar-refractivity contribution in [2.75, 3.05) is 11.5 Å². The third-order valence-electron chi connectivity index (χ3n) is 3.49. The Hall–Kier alpha value is -0.620. The third-order valence-corrected chi connectivity index (χ3v) is 5.25. The summed E-state index contributed by atoms with van der Waals surface area (Å²) in [5.74, 6) is 0.0884. The minimum Gasteiger partial charge on any atom is -0.352 e. The van der Waals surface area contributed by atoms with Gasteiger partial charge in [0.15, 0.2) is 9.84 Å². The summed E-state index contributed by atoms with van der Waals surface area (Å²) in [7, 11) is -2.92. The minimum atomic E-state index is -2.92. The molecule has 2 aliphatic rings. The van der Waals surface area contributed by atoms with E-state index in [0.717, 1.165) is 19.3 Å². The van der Waals surface area contributed by atoms with Crippen LogP contribution in [0.1, 0.15) is 25.7 Å². The fourth-order valence-electron chi connectivity index (χ4n) is 2.53. The van der Waals surface area contributed by atoms with Crippen molar-refractivity contribution in [3.63, 3.8) is 0 Å². The Morgan fingerprint density at radius 2 is 2.00 bits per heavy atom. The van der Waals surface area contributed by atoms with E-state index in [4.69, 9.17) is 5.73 Å². The van der Waals surface area contributed by atoms with E-state index in [-0.39, 0.29) is 35.4 Å². The number of nitrogens with two attached hydrogens (primary N) is 1. The van der Waals surface area contributed by atoms with E-state index in [0.29, 0.717) is 6.42 Å². The molecule has 1 saturated heterocycles. The standard InChI is InChI=1S/C10H18N2O3S/c11-9-3-1-2-8(9)10(13)12-7-4-5-16(14,15)6-7/h7-9H,1-6,11H2,(H,12,13). The fourth-order valence-corrected chi connectivity index (χ4v) is 4.20. The smallest absolute Gasteiger partial charge is 0.224 e. The first-order valence-corrected chi connectivity index (χ1v) is 7.56. The molecule has 6 heteroatoms. The van der Waals surface area contributed by atoms with Crippen molar-refractivity contribution in [3.05, 3.63) is 0 Å². The molecule has 2 rings (SSSR count). The highest BCUT2D eigenvalue weighted by Gasteiger charge is 2.34. The van der Waals surface area contributed by atoms with Gasteiger partial charge >= 0.3 is 0 Å². The van der Waals surface area contributed by atoms with Gasteiger partial charge in [-0.3, -0.25) is 4.79 Å². The van der Waals surface area contributed by atoms with Crippen LogP contribution in [0.15, 0.2) is 0 Å². The van der Waals surface area contributed by atoms with Gasteiger partial charge in [0, 0.05) is 12.1 Å². The topological polar surface area (TPSA) is 89.3 Å². The molecule has 0 spiro atoms. The van der Waals surface area contributed by atoms with Crippen LogP contribution >= 0.6 is 0 Å². The lowest BCUT2D eigenvalue weighted by atomic mass is 10.0. The van der Waals surface area contributed by atoms with Crippen molar-refractivity contribution in [3.8, 4) is 0 Å². The Labute approximate surface area is 95.7 Å². The van der Waals surface area contributed by atoms with Crippen molar-refractivity contribution < 1.29 is 13.2 Å².